The summed E-state index contributed by atoms with van der Waals surface area (Å²) in [6.45, 7) is 5.05. The van der Waals surface area contributed by atoms with Gasteiger partial charge in [-0.25, -0.2) is 4.98 Å². The fourth-order valence-electron chi connectivity index (χ4n) is 2.40. The van der Waals surface area contributed by atoms with Gasteiger partial charge in [0, 0.05) is 25.8 Å². The predicted octanol–water partition coefficient (Wildman–Crippen LogP) is 1.63. The van der Waals surface area contributed by atoms with E-state index in [-0.39, 0.29) is 0 Å². The van der Waals surface area contributed by atoms with Crippen LogP contribution in [-0.4, -0.2) is 34.6 Å². The van der Waals surface area contributed by atoms with Crippen molar-refractivity contribution in [1.82, 2.24) is 14.5 Å². The minimum Gasteiger partial charge on any atom is -0.333 e. The number of hydrogen-bond acceptors (Lipinski definition) is 3. The smallest absolute Gasteiger partial charge is 0.0948 e. The molecule has 1 aliphatic carbocycles. The van der Waals surface area contributed by atoms with Crippen LogP contribution in [-0.2, 0) is 6.54 Å². The summed E-state index contributed by atoms with van der Waals surface area (Å²) in [4.78, 5) is 6.66. The molecular weight excluding hydrogens is 212 g/mol. The number of hydrogen-bond donors (Lipinski definition) is 1. The minimum absolute atomic E-state index is 0.310. The van der Waals surface area contributed by atoms with Crippen molar-refractivity contribution >= 4 is 0 Å². The van der Waals surface area contributed by atoms with Gasteiger partial charge in [0.1, 0.15) is 0 Å². The molecule has 1 atom stereocenters. The van der Waals surface area contributed by atoms with E-state index in [1.807, 2.05) is 12.5 Å². The molecule has 0 spiro atoms. The Morgan fingerprint density at radius 1 is 1.59 bits per heavy atom. The summed E-state index contributed by atoms with van der Waals surface area (Å²) in [7, 11) is 2.18. The number of imidazole rings is 1. The molecule has 96 valence electrons. The number of nitrogens with zero attached hydrogens (tertiary/aromatic N) is 3. The highest BCUT2D eigenvalue weighted by Gasteiger charge is 2.27. The van der Waals surface area contributed by atoms with Crippen molar-refractivity contribution in [2.45, 2.75) is 38.8 Å². The first-order valence-corrected chi connectivity index (χ1v) is 6.66. The summed E-state index contributed by atoms with van der Waals surface area (Å²) in [5.41, 5.74) is 7.20. The lowest BCUT2D eigenvalue weighted by molar-refractivity contribution is 0.231. The molecule has 17 heavy (non-hydrogen) atoms. The summed E-state index contributed by atoms with van der Waals surface area (Å²) in [6.07, 6.45) is 7.79. The van der Waals surface area contributed by atoms with E-state index in [1.54, 1.807) is 0 Å². The van der Waals surface area contributed by atoms with Gasteiger partial charge in [0.2, 0.25) is 0 Å². The molecule has 1 aliphatic rings. The van der Waals surface area contributed by atoms with Crippen LogP contribution < -0.4 is 5.73 Å². The quantitative estimate of drug-likeness (QED) is 0.783. The van der Waals surface area contributed by atoms with Crippen LogP contribution in [0.1, 0.15) is 37.9 Å². The van der Waals surface area contributed by atoms with E-state index in [4.69, 9.17) is 5.73 Å². The first-order valence-electron chi connectivity index (χ1n) is 6.66. The Morgan fingerprint density at radius 3 is 2.94 bits per heavy atom. The maximum absolute atomic E-state index is 5.94. The molecular formula is C13H24N4. The third kappa shape index (κ3) is 3.07. The Labute approximate surface area is 104 Å². The molecule has 1 aromatic rings. The van der Waals surface area contributed by atoms with Gasteiger partial charge in [-0.2, -0.15) is 0 Å². The molecule has 1 saturated carbocycles. The number of aryl methyl sites for hydroxylation is 1. The molecule has 1 aromatic heterocycles. The second kappa shape index (κ2) is 5.65. The summed E-state index contributed by atoms with van der Waals surface area (Å²) in [6, 6.07) is 0.310. The van der Waals surface area contributed by atoms with Crippen LogP contribution in [0.4, 0.5) is 0 Å². The van der Waals surface area contributed by atoms with Crippen LogP contribution >= 0.6 is 0 Å². The third-order valence-corrected chi connectivity index (χ3v) is 3.55. The van der Waals surface area contributed by atoms with Crippen LogP contribution in [0.2, 0.25) is 0 Å². The van der Waals surface area contributed by atoms with Gasteiger partial charge >= 0.3 is 0 Å². The van der Waals surface area contributed by atoms with Crippen molar-refractivity contribution in [2.75, 3.05) is 20.1 Å². The van der Waals surface area contributed by atoms with E-state index in [2.05, 4.69) is 28.4 Å². The van der Waals surface area contributed by atoms with Crippen LogP contribution in [0.25, 0.3) is 0 Å². The van der Waals surface area contributed by atoms with Gasteiger partial charge in [0.05, 0.1) is 18.1 Å². The van der Waals surface area contributed by atoms with Gasteiger partial charge in [-0.05, 0) is 32.2 Å². The first-order chi connectivity index (χ1) is 8.26. The molecule has 1 unspecified atom stereocenters. The van der Waals surface area contributed by atoms with E-state index < -0.39 is 0 Å². The Kier molecular flexibility index (Phi) is 4.18. The largest absolute Gasteiger partial charge is 0.333 e. The molecule has 0 amide bonds. The molecule has 1 fully saturated rings. The van der Waals surface area contributed by atoms with E-state index in [0.717, 1.165) is 18.9 Å². The first kappa shape index (κ1) is 12.6. The molecule has 0 aliphatic heterocycles. The maximum Gasteiger partial charge on any atom is 0.0948 e. The van der Waals surface area contributed by atoms with Gasteiger partial charge in [-0.3, -0.25) is 4.90 Å². The van der Waals surface area contributed by atoms with Crippen molar-refractivity contribution in [2.24, 2.45) is 11.7 Å². The average molecular weight is 236 g/mol. The zero-order valence-corrected chi connectivity index (χ0v) is 11.0. The van der Waals surface area contributed by atoms with Crippen molar-refractivity contribution in [3.63, 3.8) is 0 Å². The van der Waals surface area contributed by atoms with Crippen molar-refractivity contribution < 1.29 is 0 Å². The van der Waals surface area contributed by atoms with E-state index in [0.29, 0.717) is 12.6 Å². The topological polar surface area (TPSA) is 47.1 Å². The van der Waals surface area contributed by atoms with Crippen molar-refractivity contribution in [3.8, 4) is 0 Å². The standard InChI is InChI=1S/C13H24N4/c1-3-6-17-10-15-8-13(17)12(7-14)16(2)9-11-4-5-11/h8,10-12H,3-7,9,14H2,1-2H3. The molecule has 4 heteroatoms. The molecule has 0 bridgehead atoms. The lowest BCUT2D eigenvalue weighted by Gasteiger charge is -2.27. The molecule has 0 radical (unpaired) electrons. The molecule has 0 aromatic carbocycles. The molecule has 2 N–H and O–H groups in total. The van der Waals surface area contributed by atoms with Gasteiger partial charge in [-0.1, -0.05) is 6.92 Å². The number of rotatable bonds is 7. The van der Waals surface area contributed by atoms with Crippen molar-refractivity contribution in [1.29, 1.82) is 0 Å². The molecule has 4 nitrogen and oxygen atoms in total. The lowest BCUT2D eigenvalue weighted by Crippen LogP contribution is -2.33. The number of aromatic nitrogens is 2. The Balaban J connectivity index is 2.06. The monoisotopic (exact) mass is 236 g/mol. The fourth-order valence-corrected chi connectivity index (χ4v) is 2.40. The zero-order chi connectivity index (χ0) is 12.3. The van der Waals surface area contributed by atoms with Crippen LogP contribution in [0.3, 0.4) is 0 Å². The van der Waals surface area contributed by atoms with Gasteiger partial charge in [0.25, 0.3) is 0 Å². The van der Waals surface area contributed by atoms with Crippen LogP contribution in [0.15, 0.2) is 12.5 Å². The van der Waals surface area contributed by atoms with Crippen LogP contribution in [0.5, 0.6) is 0 Å². The average Bonchev–Trinajstić information content (AvgIpc) is 3.00. The Morgan fingerprint density at radius 2 is 2.35 bits per heavy atom. The van der Waals surface area contributed by atoms with Gasteiger partial charge < -0.3 is 10.3 Å². The Bertz CT molecular complexity index is 343. The predicted molar refractivity (Wildman–Crippen MR) is 69.7 cm³/mol. The van der Waals surface area contributed by atoms with Gasteiger partial charge in [-0.15, -0.1) is 0 Å². The summed E-state index contributed by atoms with van der Waals surface area (Å²) >= 11 is 0. The second-order valence-electron chi connectivity index (χ2n) is 5.15. The highest BCUT2D eigenvalue weighted by Crippen LogP contribution is 2.31. The summed E-state index contributed by atoms with van der Waals surface area (Å²) in [5, 5.41) is 0. The second-order valence-corrected chi connectivity index (χ2v) is 5.15. The summed E-state index contributed by atoms with van der Waals surface area (Å²) in [5.74, 6) is 0.900. The third-order valence-electron chi connectivity index (χ3n) is 3.55. The molecule has 0 saturated heterocycles. The highest BCUT2D eigenvalue weighted by molar-refractivity contribution is 5.06. The molecule has 2 rings (SSSR count). The highest BCUT2D eigenvalue weighted by atomic mass is 15.2. The Hall–Kier alpha value is -0.870. The minimum atomic E-state index is 0.310. The SMILES string of the molecule is CCCn1cncc1C(CN)N(C)CC1CC1. The molecule has 1 heterocycles. The maximum atomic E-state index is 5.94. The fraction of sp³-hybridized carbons (Fsp3) is 0.769. The van der Waals surface area contributed by atoms with Crippen LogP contribution in [0, 0.1) is 5.92 Å². The van der Waals surface area contributed by atoms with Crippen molar-refractivity contribution in [3.05, 3.63) is 18.2 Å². The summed E-state index contributed by atoms with van der Waals surface area (Å²) < 4.78 is 2.24. The van der Waals surface area contributed by atoms with E-state index >= 15 is 0 Å². The number of likely N-dealkylation sites (N-methyl/N-ethyl adjacent to an activating group) is 1. The lowest BCUT2D eigenvalue weighted by atomic mass is 10.1. The van der Waals surface area contributed by atoms with E-state index in [1.165, 1.54) is 25.1 Å². The normalized spacial score (nSPS) is 17.6. The van der Waals surface area contributed by atoms with Gasteiger partial charge in [0.15, 0.2) is 0 Å². The van der Waals surface area contributed by atoms with E-state index in [9.17, 15) is 0 Å². The zero-order valence-electron chi connectivity index (χ0n) is 11.0. The number of nitrogens with two attached hydrogens (primary N) is 1.